The maximum absolute atomic E-state index is 12.9. The lowest BCUT2D eigenvalue weighted by Crippen LogP contribution is -2.17. The number of halogens is 1. The minimum atomic E-state index is -1.19. The molecular formula is C15H10FNO6. The quantitative estimate of drug-likeness (QED) is 0.276. The van der Waals surface area contributed by atoms with Gasteiger partial charge in [0.15, 0.2) is 11.5 Å². The Bertz CT molecular complexity index is 772. The molecule has 0 aromatic heterocycles. The summed E-state index contributed by atoms with van der Waals surface area (Å²) in [6.07, 6.45) is 0. The number of ketones is 1. The smallest absolute Gasteiger partial charge is 0.379 e. The number of Topliss-reactive ketones (excluding diaryl/α,β-unsaturated/α-hetero) is 1. The average Bonchev–Trinajstić information content (AvgIpc) is 2.50. The van der Waals surface area contributed by atoms with Gasteiger partial charge in [-0.25, -0.2) is 9.18 Å². The molecule has 0 saturated carbocycles. The Morgan fingerprint density at radius 2 is 1.74 bits per heavy atom. The van der Waals surface area contributed by atoms with Gasteiger partial charge in [0.05, 0.1) is 11.0 Å². The van der Waals surface area contributed by atoms with Crippen LogP contribution in [0.15, 0.2) is 42.5 Å². The third kappa shape index (κ3) is 4.10. The molecular weight excluding hydrogens is 309 g/mol. The van der Waals surface area contributed by atoms with Gasteiger partial charge in [0.2, 0.25) is 5.78 Å². The fourth-order valence-corrected chi connectivity index (χ4v) is 1.58. The molecule has 118 valence electrons. The second kappa shape index (κ2) is 6.65. The summed E-state index contributed by atoms with van der Waals surface area (Å²) in [5.74, 6) is -2.62. The predicted molar refractivity (Wildman–Crippen MR) is 75.9 cm³/mol. The highest BCUT2D eigenvalue weighted by molar-refractivity contribution is 6.33. The summed E-state index contributed by atoms with van der Waals surface area (Å²) in [6, 6.07) is 8.28. The molecule has 8 heteroatoms. The van der Waals surface area contributed by atoms with Crippen LogP contribution in [0.2, 0.25) is 0 Å². The van der Waals surface area contributed by atoms with Crippen molar-refractivity contribution in [2.75, 3.05) is 0 Å². The van der Waals surface area contributed by atoms with Crippen LogP contribution in [0.3, 0.4) is 0 Å². The molecule has 23 heavy (non-hydrogen) atoms. The first-order valence-corrected chi connectivity index (χ1v) is 6.31. The van der Waals surface area contributed by atoms with Crippen LogP contribution in [0.5, 0.6) is 17.2 Å². The van der Waals surface area contributed by atoms with Gasteiger partial charge in [-0.05, 0) is 30.3 Å². The first-order chi connectivity index (χ1) is 10.9. The minimum Gasteiger partial charge on any atom is -0.453 e. The Balaban J connectivity index is 2.36. The number of hydrogen-bond donors (Lipinski definition) is 0. The highest BCUT2D eigenvalue weighted by atomic mass is 19.1. The predicted octanol–water partition coefficient (Wildman–Crippen LogP) is 3.02. The zero-order chi connectivity index (χ0) is 17.0. The van der Waals surface area contributed by atoms with Crippen molar-refractivity contribution in [3.8, 4) is 17.2 Å². The number of non-ortho nitro benzene ring substituents is 1. The van der Waals surface area contributed by atoms with E-state index in [0.29, 0.717) is 0 Å². The van der Waals surface area contributed by atoms with Gasteiger partial charge in [-0.1, -0.05) is 0 Å². The molecule has 0 atom stereocenters. The number of carbonyl (C=O) groups excluding carboxylic acids is 2. The number of hydrogen-bond acceptors (Lipinski definition) is 6. The van der Waals surface area contributed by atoms with Gasteiger partial charge in [0, 0.05) is 13.0 Å². The number of nitrogens with zero attached hydrogens (tertiary/aromatic N) is 1. The van der Waals surface area contributed by atoms with E-state index in [9.17, 15) is 24.1 Å². The van der Waals surface area contributed by atoms with Gasteiger partial charge in [-0.15, -0.1) is 0 Å². The van der Waals surface area contributed by atoms with Crippen LogP contribution in [-0.4, -0.2) is 16.7 Å². The van der Waals surface area contributed by atoms with Gasteiger partial charge in [-0.3, -0.25) is 14.9 Å². The second-order valence-electron chi connectivity index (χ2n) is 4.39. The standard InChI is InChI=1S/C15H10FNO6/c1-9(18)15(19)23-14-8-11(17(20)21)4-7-13(14)22-12-5-2-10(16)3-6-12/h2-8H,1H3. The van der Waals surface area contributed by atoms with Crippen molar-refractivity contribution in [2.45, 2.75) is 6.92 Å². The fourth-order valence-electron chi connectivity index (χ4n) is 1.58. The average molecular weight is 319 g/mol. The van der Waals surface area contributed by atoms with Gasteiger partial charge < -0.3 is 9.47 Å². The monoisotopic (exact) mass is 319 g/mol. The van der Waals surface area contributed by atoms with Crippen molar-refractivity contribution in [3.63, 3.8) is 0 Å². The van der Waals surface area contributed by atoms with Crippen molar-refractivity contribution in [3.05, 3.63) is 58.4 Å². The van der Waals surface area contributed by atoms with E-state index in [1.807, 2.05) is 0 Å². The number of benzene rings is 2. The molecule has 2 aromatic rings. The maximum atomic E-state index is 12.9. The fraction of sp³-hybridized carbons (Fsp3) is 0.0667. The van der Waals surface area contributed by atoms with E-state index in [-0.39, 0.29) is 22.9 Å². The van der Waals surface area contributed by atoms with E-state index in [1.54, 1.807) is 0 Å². The molecule has 0 aliphatic rings. The first-order valence-electron chi connectivity index (χ1n) is 6.31. The Kier molecular flexibility index (Phi) is 4.65. The van der Waals surface area contributed by atoms with Gasteiger partial charge in [0.1, 0.15) is 11.6 Å². The Morgan fingerprint density at radius 3 is 2.30 bits per heavy atom. The Labute approximate surface area is 129 Å². The first kappa shape index (κ1) is 16.1. The maximum Gasteiger partial charge on any atom is 0.379 e. The largest absolute Gasteiger partial charge is 0.453 e. The van der Waals surface area contributed by atoms with Crippen LogP contribution < -0.4 is 9.47 Å². The molecule has 2 rings (SSSR count). The van der Waals surface area contributed by atoms with Crippen molar-refractivity contribution in [1.82, 2.24) is 0 Å². The number of ether oxygens (including phenoxy) is 2. The minimum absolute atomic E-state index is 0.0307. The SMILES string of the molecule is CC(=O)C(=O)Oc1cc([N+](=O)[O-])ccc1Oc1ccc(F)cc1. The Morgan fingerprint density at radius 1 is 1.09 bits per heavy atom. The highest BCUT2D eigenvalue weighted by Gasteiger charge is 2.19. The topological polar surface area (TPSA) is 95.7 Å². The normalized spacial score (nSPS) is 10.0. The third-order valence-electron chi connectivity index (χ3n) is 2.67. The molecule has 0 saturated heterocycles. The van der Waals surface area contributed by atoms with E-state index >= 15 is 0 Å². The van der Waals surface area contributed by atoms with Crippen LogP contribution in [0.25, 0.3) is 0 Å². The van der Waals surface area contributed by atoms with Crippen LogP contribution in [0.1, 0.15) is 6.92 Å². The molecule has 0 aliphatic heterocycles. The van der Waals surface area contributed by atoms with E-state index in [4.69, 9.17) is 9.47 Å². The van der Waals surface area contributed by atoms with E-state index in [2.05, 4.69) is 0 Å². The molecule has 2 aromatic carbocycles. The molecule has 0 amide bonds. The van der Waals surface area contributed by atoms with E-state index in [0.717, 1.165) is 31.2 Å². The molecule has 0 unspecified atom stereocenters. The van der Waals surface area contributed by atoms with Crippen LogP contribution >= 0.6 is 0 Å². The lowest BCUT2D eigenvalue weighted by molar-refractivity contribution is -0.384. The number of nitro benzene ring substituents is 1. The number of nitro groups is 1. The molecule has 0 bridgehead atoms. The van der Waals surface area contributed by atoms with Crippen molar-refractivity contribution >= 4 is 17.4 Å². The van der Waals surface area contributed by atoms with Crippen LogP contribution in [0, 0.1) is 15.9 Å². The second-order valence-corrected chi connectivity index (χ2v) is 4.39. The van der Waals surface area contributed by atoms with Gasteiger partial charge in [-0.2, -0.15) is 0 Å². The van der Waals surface area contributed by atoms with Crippen LogP contribution in [0.4, 0.5) is 10.1 Å². The lowest BCUT2D eigenvalue weighted by atomic mass is 10.2. The number of rotatable bonds is 5. The molecule has 0 fully saturated rings. The summed E-state index contributed by atoms with van der Waals surface area (Å²) in [6.45, 7) is 1.00. The molecule has 0 spiro atoms. The number of esters is 1. The summed E-state index contributed by atoms with van der Waals surface area (Å²) in [5, 5.41) is 10.8. The summed E-state index contributed by atoms with van der Waals surface area (Å²) in [5.41, 5.74) is -0.345. The van der Waals surface area contributed by atoms with Crippen molar-refractivity contribution < 1.29 is 28.4 Å². The van der Waals surface area contributed by atoms with E-state index in [1.165, 1.54) is 18.2 Å². The summed E-state index contributed by atoms with van der Waals surface area (Å²) in [4.78, 5) is 32.5. The molecule has 0 radical (unpaired) electrons. The van der Waals surface area contributed by atoms with Crippen LogP contribution in [-0.2, 0) is 9.59 Å². The van der Waals surface area contributed by atoms with Crippen molar-refractivity contribution in [1.29, 1.82) is 0 Å². The zero-order valence-electron chi connectivity index (χ0n) is 11.8. The lowest BCUT2D eigenvalue weighted by Gasteiger charge is -2.10. The Hall–Kier alpha value is -3.29. The van der Waals surface area contributed by atoms with E-state index < -0.39 is 22.5 Å². The molecule has 7 nitrogen and oxygen atoms in total. The van der Waals surface area contributed by atoms with Gasteiger partial charge in [0.25, 0.3) is 5.69 Å². The zero-order valence-corrected chi connectivity index (χ0v) is 11.8. The summed E-state index contributed by atoms with van der Waals surface area (Å²) < 4.78 is 23.1. The molecule has 0 heterocycles. The van der Waals surface area contributed by atoms with Crippen molar-refractivity contribution in [2.24, 2.45) is 0 Å². The highest BCUT2D eigenvalue weighted by Crippen LogP contribution is 2.35. The summed E-state index contributed by atoms with van der Waals surface area (Å²) in [7, 11) is 0. The molecule has 0 N–H and O–H groups in total. The molecule has 0 aliphatic carbocycles. The third-order valence-corrected chi connectivity index (χ3v) is 2.67. The van der Waals surface area contributed by atoms with Gasteiger partial charge >= 0.3 is 5.97 Å². The summed E-state index contributed by atoms with van der Waals surface area (Å²) >= 11 is 0. The number of carbonyl (C=O) groups is 2.